The molecule has 1 atom stereocenters. The van der Waals surface area contributed by atoms with Crippen LogP contribution in [0.4, 0.5) is 5.82 Å². The van der Waals surface area contributed by atoms with Crippen molar-refractivity contribution < 1.29 is 9.90 Å². The van der Waals surface area contributed by atoms with Gasteiger partial charge in [-0.15, -0.1) is 11.3 Å². The molecular formula is C14H19N3O2S. The minimum absolute atomic E-state index is 0.309. The van der Waals surface area contributed by atoms with E-state index >= 15 is 0 Å². The van der Waals surface area contributed by atoms with Gasteiger partial charge >= 0.3 is 5.97 Å². The Morgan fingerprint density at radius 2 is 2.40 bits per heavy atom. The van der Waals surface area contributed by atoms with Crippen LogP contribution in [0.15, 0.2) is 11.6 Å². The summed E-state index contributed by atoms with van der Waals surface area (Å²) in [5.41, 5.74) is 0.309. The SMILES string of the molecule is CCCC1CCCCN1c1nc2sccn2c1C(=O)O. The van der Waals surface area contributed by atoms with E-state index in [1.165, 1.54) is 17.8 Å². The third-order valence-corrected chi connectivity index (χ3v) is 4.72. The Bertz CT molecular complexity index is 617. The molecule has 0 aliphatic carbocycles. The van der Waals surface area contributed by atoms with Gasteiger partial charge in [-0.3, -0.25) is 4.40 Å². The van der Waals surface area contributed by atoms with Gasteiger partial charge in [-0.25, -0.2) is 9.78 Å². The van der Waals surface area contributed by atoms with Crippen LogP contribution in [0.1, 0.15) is 49.5 Å². The maximum Gasteiger partial charge on any atom is 0.356 e. The van der Waals surface area contributed by atoms with Crippen molar-refractivity contribution in [3.05, 3.63) is 17.3 Å². The second kappa shape index (κ2) is 5.44. The van der Waals surface area contributed by atoms with Gasteiger partial charge in [0.1, 0.15) is 0 Å². The number of carboxylic acids is 1. The molecule has 2 aromatic rings. The first-order valence-corrected chi connectivity index (χ1v) is 8.05. The van der Waals surface area contributed by atoms with Crippen molar-refractivity contribution >= 4 is 28.1 Å². The minimum atomic E-state index is -0.897. The van der Waals surface area contributed by atoms with E-state index < -0.39 is 5.97 Å². The molecule has 1 N–H and O–H groups in total. The molecule has 0 amide bonds. The summed E-state index contributed by atoms with van der Waals surface area (Å²) in [4.78, 5) is 19.2. The van der Waals surface area contributed by atoms with Crippen LogP contribution < -0.4 is 4.90 Å². The zero-order chi connectivity index (χ0) is 14.1. The summed E-state index contributed by atoms with van der Waals surface area (Å²) in [5, 5.41) is 11.4. The van der Waals surface area contributed by atoms with Crippen molar-refractivity contribution in [2.75, 3.05) is 11.4 Å². The smallest absolute Gasteiger partial charge is 0.356 e. The number of carboxylic acid groups (broad SMARTS) is 1. The van der Waals surface area contributed by atoms with Crippen LogP contribution >= 0.6 is 11.3 Å². The lowest BCUT2D eigenvalue weighted by Gasteiger charge is -2.36. The number of rotatable bonds is 4. The van der Waals surface area contributed by atoms with E-state index in [0.717, 1.165) is 37.2 Å². The molecule has 5 nitrogen and oxygen atoms in total. The molecule has 1 aliphatic heterocycles. The molecule has 2 aromatic heterocycles. The Morgan fingerprint density at radius 3 is 3.15 bits per heavy atom. The van der Waals surface area contributed by atoms with Gasteiger partial charge in [0.25, 0.3) is 0 Å². The largest absolute Gasteiger partial charge is 0.476 e. The van der Waals surface area contributed by atoms with E-state index in [9.17, 15) is 9.90 Å². The number of imidazole rings is 1. The molecule has 6 heteroatoms. The highest BCUT2D eigenvalue weighted by Gasteiger charge is 2.29. The molecule has 0 radical (unpaired) electrons. The highest BCUT2D eigenvalue weighted by Crippen LogP contribution is 2.31. The second-order valence-electron chi connectivity index (χ2n) is 5.28. The quantitative estimate of drug-likeness (QED) is 0.940. The van der Waals surface area contributed by atoms with Gasteiger partial charge in [-0.05, 0) is 25.7 Å². The molecule has 0 bridgehead atoms. The van der Waals surface area contributed by atoms with Gasteiger partial charge < -0.3 is 10.0 Å². The van der Waals surface area contributed by atoms with Gasteiger partial charge in [-0.2, -0.15) is 0 Å². The number of nitrogens with zero attached hydrogens (tertiary/aromatic N) is 3. The van der Waals surface area contributed by atoms with Crippen LogP contribution in [0.5, 0.6) is 0 Å². The summed E-state index contributed by atoms with van der Waals surface area (Å²) < 4.78 is 1.69. The normalized spacial score (nSPS) is 19.6. The molecule has 3 heterocycles. The number of carbonyl (C=O) groups is 1. The second-order valence-corrected chi connectivity index (χ2v) is 6.15. The van der Waals surface area contributed by atoms with E-state index in [2.05, 4.69) is 16.8 Å². The van der Waals surface area contributed by atoms with E-state index in [0.29, 0.717) is 17.6 Å². The summed E-state index contributed by atoms with van der Waals surface area (Å²) >= 11 is 1.48. The average Bonchev–Trinajstić information content (AvgIpc) is 2.99. The van der Waals surface area contributed by atoms with Crippen molar-refractivity contribution in [1.29, 1.82) is 0 Å². The first-order valence-electron chi connectivity index (χ1n) is 7.18. The Labute approximate surface area is 121 Å². The number of anilines is 1. The number of aromatic carboxylic acids is 1. The molecule has 108 valence electrons. The zero-order valence-electron chi connectivity index (χ0n) is 11.6. The predicted octanol–water partition coefficient (Wildman–Crippen LogP) is 3.25. The highest BCUT2D eigenvalue weighted by atomic mass is 32.1. The maximum atomic E-state index is 11.6. The molecule has 0 saturated carbocycles. The Morgan fingerprint density at radius 1 is 1.55 bits per heavy atom. The molecule has 0 spiro atoms. The molecule has 0 aromatic carbocycles. The lowest BCUT2D eigenvalue weighted by Crippen LogP contribution is -2.40. The van der Waals surface area contributed by atoms with Crippen LogP contribution in [-0.2, 0) is 0 Å². The van der Waals surface area contributed by atoms with E-state index in [-0.39, 0.29) is 0 Å². The van der Waals surface area contributed by atoms with Crippen LogP contribution in [-0.4, -0.2) is 33.0 Å². The first-order chi connectivity index (χ1) is 9.72. The topological polar surface area (TPSA) is 57.8 Å². The number of hydrogen-bond donors (Lipinski definition) is 1. The van der Waals surface area contributed by atoms with Crippen molar-refractivity contribution in [2.45, 2.75) is 45.1 Å². The third-order valence-electron chi connectivity index (χ3n) is 3.97. The molecule has 1 aliphatic rings. The van der Waals surface area contributed by atoms with Gasteiger partial charge in [0.2, 0.25) is 0 Å². The van der Waals surface area contributed by atoms with Crippen molar-refractivity contribution in [2.24, 2.45) is 0 Å². The number of aromatic nitrogens is 2. The van der Waals surface area contributed by atoms with Crippen molar-refractivity contribution in [1.82, 2.24) is 9.38 Å². The number of fused-ring (bicyclic) bond motifs is 1. The minimum Gasteiger partial charge on any atom is -0.476 e. The van der Waals surface area contributed by atoms with Gasteiger partial charge in [0, 0.05) is 24.2 Å². The van der Waals surface area contributed by atoms with Crippen LogP contribution in [0.2, 0.25) is 0 Å². The fourth-order valence-electron chi connectivity index (χ4n) is 3.09. The third kappa shape index (κ3) is 2.18. The maximum absolute atomic E-state index is 11.6. The summed E-state index contributed by atoms with van der Waals surface area (Å²) in [7, 11) is 0. The fraction of sp³-hybridized carbons (Fsp3) is 0.571. The van der Waals surface area contributed by atoms with Crippen LogP contribution in [0.3, 0.4) is 0 Å². The van der Waals surface area contributed by atoms with E-state index in [1.807, 2.05) is 5.38 Å². The van der Waals surface area contributed by atoms with Crippen molar-refractivity contribution in [3.8, 4) is 0 Å². The Kier molecular flexibility index (Phi) is 3.65. The zero-order valence-corrected chi connectivity index (χ0v) is 12.4. The molecule has 1 unspecified atom stereocenters. The summed E-state index contributed by atoms with van der Waals surface area (Å²) in [6, 6.07) is 0.427. The summed E-state index contributed by atoms with van der Waals surface area (Å²) in [6.07, 6.45) is 7.49. The lowest BCUT2D eigenvalue weighted by molar-refractivity contribution is 0.0690. The predicted molar refractivity (Wildman–Crippen MR) is 79.9 cm³/mol. The lowest BCUT2D eigenvalue weighted by atomic mass is 9.98. The molecule has 3 rings (SSSR count). The Hall–Kier alpha value is -1.56. The summed E-state index contributed by atoms with van der Waals surface area (Å²) in [6.45, 7) is 3.09. The van der Waals surface area contributed by atoms with Gasteiger partial charge in [-0.1, -0.05) is 13.3 Å². The number of hydrogen-bond acceptors (Lipinski definition) is 4. The van der Waals surface area contributed by atoms with Gasteiger partial charge in [0.05, 0.1) is 0 Å². The molecular weight excluding hydrogens is 274 g/mol. The first kappa shape index (κ1) is 13.4. The van der Waals surface area contributed by atoms with Gasteiger partial charge in [0.15, 0.2) is 16.5 Å². The number of piperidine rings is 1. The highest BCUT2D eigenvalue weighted by molar-refractivity contribution is 7.15. The molecule has 1 saturated heterocycles. The van der Waals surface area contributed by atoms with E-state index in [1.54, 1.807) is 10.6 Å². The standard InChI is InChI=1S/C14H19N3O2S/c1-2-5-10-6-3-4-7-16(10)12-11(13(18)19)17-8-9-20-14(17)15-12/h8-10H,2-7H2,1H3,(H,18,19). The van der Waals surface area contributed by atoms with Crippen LogP contribution in [0, 0.1) is 0 Å². The summed E-state index contributed by atoms with van der Waals surface area (Å²) in [5.74, 6) is -0.241. The van der Waals surface area contributed by atoms with Crippen molar-refractivity contribution in [3.63, 3.8) is 0 Å². The fourth-order valence-corrected chi connectivity index (χ4v) is 3.80. The molecule has 20 heavy (non-hydrogen) atoms. The average molecular weight is 293 g/mol. The van der Waals surface area contributed by atoms with E-state index in [4.69, 9.17) is 0 Å². The number of thiazole rings is 1. The monoisotopic (exact) mass is 293 g/mol. The van der Waals surface area contributed by atoms with Crippen LogP contribution in [0.25, 0.3) is 4.96 Å². The molecule has 1 fully saturated rings. The Balaban J connectivity index is 2.05.